The zero-order valence-electron chi connectivity index (χ0n) is 18.7. The fraction of sp³-hybridized carbons (Fsp3) is 0.417. The zero-order valence-corrected chi connectivity index (χ0v) is 18.7. The Kier molecular flexibility index (Phi) is 5.29. The van der Waals surface area contributed by atoms with Crippen molar-refractivity contribution in [3.8, 4) is 0 Å². The molecule has 0 bridgehead atoms. The van der Waals surface area contributed by atoms with Gasteiger partial charge in [-0.2, -0.15) is 5.10 Å². The van der Waals surface area contributed by atoms with Crippen LogP contribution in [0.2, 0.25) is 0 Å². The Labute approximate surface area is 182 Å². The van der Waals surface area contributed by atoms with E-state index in [1.54, 1.807) is 0 Å². The molecular formula is C24H29N5O2. The molecule has 2 heterocycles. The van der Waals surface area contributed by atoms with Gasteiger partial charge in [-0.25, -0.2) is 9.67 Å². The molecule has 1 aromatic carbocycles. The minimum atomic E-state index is -0.237. The molecule has 0 atom stereocenters. The van der Waals surface area contributed by atoms with E-state index in [-0.39, 0.29) is 17.4 Å². The summed E-state index contributed by atoms with van der Waals surface area (Å²) in [6.45, 7) is 10.0. The number of fused-ring (bicyclic) bond motifs is 1. The molecule has 0 unspecified atom stereocenters. The summed E-state index contributed by atoms with van der Waals surface area (Å²) >= 11 is 0. The average Bonchev–Trinajstić information content (AvgIpc) is 3.48. The number of pyridine rings is 1. The molecule has 0 aliphatic heterocycles. The highest BCUT2D eigenvalue weighted by molar-refractivity contribution is 6.06. The summed E-state index contributed by atoms with van der Waals surface area (Å²) in [5, 5.41) is 11.3. The fourth-order valence-corrected chi connectivity index (χ4v) is 3.78. The lowest BCUT2D eigenvalue weighted by molar-refractivity contribution is -0.114. The molecule has 2 aromatic heterocycles. The number of nitrogens with zero attached hydrogens (tertiary/aromatic N) is 3. The van der Waals surface area contributed by atoms with Crippen molar-refractivity contribution in [3.63, 3.8) is 0 Å². The van der Waals surface area contributed by atoms with Gasteiger partial charge in [0.25, 0.3) is 5.91 Å². The van der Waals surface area contributed by atoms with Crippen molar-refractivity contribution in [2.24, 2.45) is 0 Å². The number of hydrogen-bond donors (Lipinski definition) is 2. The normalized spacial score (nSPS) is 14.0. The van der Waals surface area contributed by atoms with Gasteiger partial charge in [0.1, 0.15) is 0 Å². The van der Waals surface area contributed by atoms with E-state index in [0.29, 0.717) is 23.7 Å². The lowest BCUT2D eigenvalue weighted by atomic mass is 10.1. The van der Waals surface area contributed by atoms with Crippen LogP contribution < -0.4 is 10.6 Å². The summed E-state index contributed by atoms with van der Waals surface area (Å²) in [5.41, 5.74) is 4.55. The SMILES string of the molecule is CC(=O)Nc1cccc(CNC(=O)c2cc(C3CC3)nc3c2c(C)nn3C(C)(C)C)c1. The highest BCUT2D eigenvalue weighted by atomic mass is 16.2. The molecule has 1 aliphatic carbocycles. The van der Waals surface area contributed by atoms with Crippen molar-refractivity contribution in [1.29, 1.82) is 0 Å². The molecule has 162 valence electrons. The topological polar surface area (TPSA) is 88.9 Å². The van der Waals surface area contributed by atoms with Gasteiger partial charge >= 0.3 is 0 Å². The summed E-state index contributed by atoms with van der Waals surface area (Å²) in [6.07, 6.45) is 2.22. The highest BCUT2D eigenvalue weighted by Crippen LogP contribution is 2.41. The average molecular weight is 420 g/mol. The predicted octanol–water partition coefficient (Wildman–Crippen LogP) is 4.26. The molecule has 7 nitrogen and oxygen atoms in total. The van der Waals surface area contributed by atoms with E-state index in [0.717, 1.165) is 40.8 Å². The number of aryl methyl sites for hydroxylation is 1. The third kappa shape index (κ3) is 4.45. The summed E-state index contributed by atoms with van der Waals surface area (Å²) in [7, 11) is 0. The molecule has 2 amide bonds. The van der Waals surface area contributed by atoms with Crippen molar-refractivity contribution in [2.75, 3.05) is 5.32 Å². The molecule has 0 radical (unpaired) electrons. The first-order chi connectivity index (χ1) is 14.6. The second-order valence-electron chi connectivity index (χ2n) is 9.30. The molecular weight excluding hydrogens is 390 g/mol. The van der Waals surface area contributed by atoms with E-state index < -0.39 is 0 Å². The van der Waals surface area contributed by atoms with E-state index in [4.69, 9.17) is 10.1 Å². The molecule has 4 rings (SSSR count). The van der Waals surface area contributed by atoms with Gasteiger partial charge in [0, 0.05) is 30.8 Å². The molecule has 3 aromatic rings. The van der Waals surface area contributed by atoms with Crippen LogP contribution in [0.3, 0.4) is 0 Å². The van der Waals surface area contributed by atoms with Crippen molar-refractivity contribution in [3.05, 3.63) is 52.8 Å². The maximum atomic E-state index is 13.3. The van der Waals surface area contributed by atoms with Crippen molar-refractivity contribution in [2.45, 2.75) is 65.5 Å². The number of amides is 2. The first-order valence-electron chi connectivity index (χ1n) is 10.7. The van der Waals surface area contributed by atoms with Crippen molar-refractivity contribution in [1.82, 2.24) is 20.1 Å². The van der Waals surface area contributed by atoms with Crippen LogP contribution in [0.1, 0.15) is 73.8 Å². The van der Waals surface area contributed by atoms with Gasteiger partial charge in [-0.15, -0.1) is 0 Å². The Morgan fingerprint density at radius 1 is 1.19 bits per heavy atom. The van der Waals surface area contributed by atoms with Gasteiger partial charge in [-0.05, 0) is 64.3 Å². The molecule has 7 heteroatoms. The van der Waals surface area contributed by atoms with Gasteiger partial charge in [-0.3, -0.25) is 9.59 Å². The third-order valence-corrected chi connectivity index (χ3v) is 5.41. The van der Waals surface area contributed by atoms with Crippen LogP contribution in [0.25, 0.3) is 11.0 Å². The standard InChI is InChI=1S/C24H29N5O2/c1-14-21-19(23(31)25-13-16-7-6-8-18(11-16)26-15(2)30)12-20(17-9-10-17)27-22(21)29(28-14)24(3,4)5/h6-8,11-12,17H,9-10,13H2,1-5H3,(H,25,31)(H,26,30). The van der Waals surface area contributed by atoms with Crippen LogP contribution in [0.4, 0.5) is 5.69 Å². The third-order valence-electron chi connectivity index (χ3n) is 5.41. The zero-order chi connectivity index (χ0) is 22.3. The van der Waals surface area contributed by atoms with Gasteiger partial charge in [0.15, 0.2) is 5.65 Å². The van der Waals surface area contributed by atoms with Crippen LogP contribution in [-0.2, 0) is 16.9 Å². The number of carbonyl (C=O) groups excluding carboxylic acids is 2. The Morgan fingerprint density at radius 3 is 2.58 bits per heavy atom. The minimum absolute atomic E-state index is 0.126. The molecule has 0 spiro atoms. The number of rotatable bonds is 5. The van der Waals surface area contributed by atoms with Gasteiger partial charge in [-0.1, -0.05) is 12.1 Å². The summed E-state index contributed by atoms with van der Waals surface area (Å²) < 4.78 is 1.93. The Hall–Kier alpha value is -3.22. The number of carbonyl (C=O) groups is 2. The second-order valence-corrected chi connectivity index (χ2v) is 9.30. The lowest BCUT2D eigenvalue weighted by Crippen LogP contribution is -2.25. The van der Waals surface area contributed by atoms with E-state index in [1.165, 1.54) is 6.92 Å². The van der Waals surface area contributed by atoms with Crippen LogP contribution in [0.5, 0.6) is 0 Å². The van der Waals surface area contributed by atoms with Crippen molar-refractivity contribution >= 4 is 28.5 Å². The minimum Gasteiger partial charge on any atom is -0.348 e. The monoisotopic (exact) mass is 419 g/mol. The second kappa shape index (κ2) is 7.80. The van der Waals surface area contributed by atoms with Crippen LogP contribution >= 0.6 is 0 Å². The summed E-state index contributed by atoms with van der Waals surface area (Å²) in [6, 6.07) is 9.41. The molecule has 1 fully saturated rings. The molecule has 2 N–H and O–H groups in total. The fourth-order valence-electron chi connectivity index (χ4n) is 3.78. The number of anilines is 1. The van der Waals surface area contributed by atoms with Crippen LogP contribution in [0.15, 0.2) is 30.3 Å². The van der Waals surface area contributed by atoms with E-state index >= 15 is 0 Å². The number of nitrogens with one attached hydrogen (secondary N) is 2. The van der Waals surface area contributed by atoms with Gasteiger partial charge in [0.2, 0.25) is 5.91 Å². The van der Waals surface area contributed by atoms with Gasteiger partial charge < -0.3 is 10.6 Å². The highest BCUT2D eigenvalue weighted by Gasteiger charge is 2.30. The van der Waals surface area contributed by atoms with E-state index in [1.807, 2.05) is 41.9 Å². The number of hydrogen-bond acceptors (Lipinski definition) is 4. The summed E-state index contributed by atoms with van der Waals surface area (Å²) in [4.78, 5) is 29.5. The quantitative estimate of drug-likeness (QED) is 0.647. The number of aromatic nitrogens is 3. The molecule has 1 aliphatic rings. The predicted molar refractivity (Wildman–Crippen MR) is 121 cm³/mol. The van der Waals surface area contributed by atoms with E-state index in [9.17, 15) is 9.59 Å². The summed E-state index contributed by atoms with van der Waals surface area (Å²) in [5.74, 6) is 0.156. The number of benzene rings is 1. The molecule has 1 saturated carbocycles. The largest absolute Gasteiger partial charge is 0.348 e. The molecule has 0 saturated heterocycles. The molecule has 31 heavy (non-hydrogen) atoms. The lowest BCUT2D eigenvalue weighted by Gasteiger charge is -2.20. The van der Waals surface area contributed by atoms with Gasteiger partial charge in [0.05, 0.1) is 22.2 Å². The Balaban J connectivity index is 1.66. The Morgan fingerprint density at radius 2 is 1.94 bits per heavy atom. The van der Waals surface area contributed by atoms with Crippen LogP contribution in [-0.4, -0.2) is 26.6 Å². The maximum absolute atomic E-state index is 13.3. The van der Waals surface area contributed by atoms with Crippen LogP contribution in [0, 0.1) is 6.92 Å². The van der Waals surface area contributed by atoms with E-state index in [2.05, 4.69) is 31.4 Å². The van der Waals surface area contributed by atoms with Crippen molar-refractivity contribution < 1.29 is 9.59 Å². The first kappa shape index (κ1) is 21.0. The maximum Gasteiger partial charge on any atom is 0.252 e. The first-order valence-corrected chi connectivity index (χ1v) is 10.7. The smallest absolute Gasteiger partial charge is 0.252 e. The Bertz CT molecular complexity index is 1170.